The number of hydrogen-bond donors (Lipinski definition) is 0. The second-order valence-electron chi connectivity index (χ2n) is 10.8. The predicted molar refractivity (Wildman–Crippen MR) is 149 cm³/mol. The van der Waals surface area contributed by atoms with Gasteiger partial charge in [0, 0.05) is 45.6 Å². The van der Waals surface area contributed by atoms with Crippen molar-refractivity contribution in [2.24, 2.45) is 0 Å². The van der Waals surface area contributed by atoms with Crippen LogP contribution in [-0.4, -0.2) is 76.0 Å². The number of nitrogens with zero attached hydrogens (tertiary/aromatic N) is 2. The summed E-state index contributed by atoms with van der Waals surface area (Å²) in [5.41, 5.74) is 1.46. The summed E-state index contributed by atoms with van der Waals surface area (Å²) in [6.45, 7) is 6.74. The van der Waals surface area contributed by atoms with Crippen LogP contribution in [0.25, 0.3) is 0 Å². The number of sulfonamides is 1. The van der Waals surface area contributed by atoms with Crippen molar-refractivity contribution in [1.82, 2.24) is 9.21 Å². The number of methoxy groups -OCH3 is 1. The number of para-hydroxylation sites is 1. The van der Waals surface area contributed by atoms with Crippen LogP contribution in [0.5, 0.6) is 11.5 Å². The maximum absolute atomic E-state index is 13.1. The van der Waals surface area contributed by atoms with E-state index in [9.17, 15) is 18.0 Å². The SMILES string of the molecule is COc1ccccc1CCN(CCCCC(=O)c1cc2c(c(S(=O)(=O)N(C)C)c1)OCC2)C(=O)OC(C)(C)C. The average molecular weight is 561 g/mol. The van der Waals surface area contributed by atoms with Crippen LogP contribution in [0.15, 0.2) is 41.3 Å². The van der Waals surface area contributed by atoms with E-state index in [2.05, 4.69) is 0 Å². The van der Waals surface area contributed by atoms with Crippen molar-refractivity contribution in [2.75, 3.05) is 40.9 Å². The molecule has 0 saturated heterocycles. The number of Topliss-reactive ketones (excluding diaryl/α,β-unsaturated/α-hetero) is 1. The quantitative estimate of drug-likeness (QED) is 0.274. The molecule has 0 saturated carbocycles. The summed E-state index contributed by atoms with van der Waals surface area (Å²) in [5, 5.41) is 0. The minimum Gasteiger partial charge on any atom is -0.496 e. The lowest BCUT2D eigenvalue weighted by molar-refractivity contribution is 0.0249. The van der Waals surface area contributed by atoms with Crippen molar-refractivity contribution in [3.63, 3.8) is 0 Å². The molecule has 0 unspecified atom stereocenters. The molecule has 1 heterocycles. The van der Waals surface area contributed by atoms with Crippen molar-refractivity contribution in [3.05, 3.63) is 53.1 Å². The Balaban J connectivity index is 1.65. The lowest BCUT2D eigenvalue weighted by atomic mass is 10.0. The molecule has 0 bridgehead atoms. The van der Waals surface area contributed by atoms with Gasteiger partial charge in [-0.15, -0.1) is 0 Å². The zero-order chi connectivity index (χ0) is 28.8. The largest absolute Gasteiger partial charge is 0.496 e. The van der Waals surface area contributed by atoms with Gasteiger partial charge in [0.05, 0.1) is 13.7 Å². The molecule has 3 rings (SSSR count). The van der Waals surface area contributed by atoms with Gasteiger partial charge >= 0.3 is 6.09 Å². The fraction of sp³-hybridized carbons (Fsp3) is 0.517. The molecule has 2 aromatic carbocycles. The minimum atomic E-state index is -3.76. The summed E-state index contributed by atoms with van der Waals surface area (Å²) in [6.07, 6.45) is 2.12. The van der Waals surface area contributed by atoms with Crippen LogP contribution in [0, 0.1) is 0 Å². The van der Waals surface area contributed by atoms with E-state index in [-0.39, 0.29) is 17.1 Å². The molecule has 9 nitrogen and oxygen atoms in total. The van der Waals surface area contributed by atoms with Crippen LogP contribution < -0.4 is 9.47 Å². The van der Waals surface area contributed by atoms with Gasteiger partial charge in [0.25, 0.3) is 0 Å². The third-order valence-electron chi connectivity index (χ3n) is 6.41. The second kappa shape index (κ2) is 12.8. The summed E-state index contributed by atoms with van der Waals surface area (Å²) < 4.78 is 43.4. The zero-order valence-electron chi connectivity index (χ0n) is 23.8. The van der Waals surface area contributed by atoms with Gasteiger partial charge in [0.1, 0.15) is 22.0 Å². The first-order valence-electron chi connectivity index (χ1n) is 13.2. The molecule has 214 valence electrons. The number of ketones is 1. The van der Waals surface area contributed by atoms with Crippen molar-refractivity contribution < 1.29 is 32.2 Å². The highest BCUT2D eigenvalue weighted by molar-refractivity contribution is 7.89. The van der Waals surface area contributed by atoms with Gasteiger partial charge in [0.15, 0.2) is 5.78 Å². The number of carbonyl (C=O) groups excluding carboxylic acids is 2. The molecule has 0 fully saturated rings. The highest BCUT2D eigenvalue weighted by Crippen LogP contribution is 2.35. The van der Waals surface area contributed by atoms with Crippen molar-refractivity contribution >= 4 is 21.9 Å². The molecule has 1 aliphatic rings. The summed E-state index contributed by atoms with van der Waals surface area (Å²) in [4.78, 5) is 27.7. The molecule has 0 spiro atoms. The molecule has 10 heteroatoms. The topological polar surface area (TPSA) is 102 Å². The second-order valence-corrected chi connectivity index (χ2v) is 12.9. The smallest absolute Gasteiger partial charge is 0.410 e. The van der Waals surface area contributed by atoms with Crippen molar-refractivity contribution in [2.45, 2.75) is 63.4 Å². The molecule has 0 aliphatic carbocycles. The van der Waals surface area contributed by atoms with Crippen LogP contribution in [0.1, 0.15) is 61.5 Å². The van der Waals surface area contributed by atoms with Crippen LogP contribution in [0.4, 0.5) is 4.79 Å². The highest BCUT2D eigenvalue weighted by Gasteiger charge is 2.29. The number of rotatable bonds is 12. The third-order valence-corrected chi connectivity index (χ3v) is 8.23. The van der Waals surface area contributed by atoms with Gasteiger partial charge < -0.3 is 19.1 Å². The first kappa shape index (κ1) is 30.4. The molecule has 0 radical (unpaired) electrons. The van der Waals surface area contributed by atoms with E-state index < -0.39 is 21.7 Å². The number of carbonyl (C=O) groups is 2. The maximum Gasteiger partial charge on any atom is 0.410 e. The van der Waals surface area contributed by atoms with Crippen LogP contribution >= 0.6 is 0 Å². The fourth-order valence-electron chi connectivity index (χ4n) is 4.34. The normalized spacial score (nSPS) is 13.1. The summed E-state index contributed by atoms with van der Waals surface area (Å²) in [6, 6.07) is 10.8. The molecule has 0 aromatic heterocycles. The Kier molecular flexibility index (Phi) is 10.0. The number of ether oxygens (including phenoxy) is 3. The first-order chi connectivity index (χ1) is 18.3. The molecular formula is C29H40N2O7S. The Morgan fingerprint density at radius 1 is 1.05 bits per heavy atom. The Morgan fingerprint density at radius 3 is 2.44 bits per heavy atom. The molecule has 39 heavy (non-hydrogen) atoms. The van der Waals surface area contributed by atoms with Gasteiger partial charge in [-0.25, -0.2) is 17.5 Å². The van der Waals surface area contributed by atoms with Gasteiger partial charge in [-0.3, -0.25) is 4.79 Å². The van der Waals surface area contributed by atoms with Crippen LogP contribution in [0.3, 0.4) is 0 Å². The molecular weight excluding hydrogens is 520 g/mol. The summed E-state index contributed by atoms with van der Waals surface area (Å²) in [7, 11) is 0.763. The van der Waals surface area contributed by atoms with E-state index in [0.29, 0.717) is 56.7 Å². The van der Waals surface area contributed by atoms with Crippen LogP contribution in [-0.2, 0) is 27.6 Å². The van der Waals surface area contributed by atoms with E-state index >= 15 is 0 Å². The van der Waals surface area contributed by atoms with E-state index in [0.717, 1.165) is 21.2 Å². The number of unbranched alkanes of at least 4 members (excludes halogenated alkanes) is 1. The number of fused-ring (bicyclic) bond motifs is 1. The van der Waals surface area contributed by atoms with Crippen molar-refractivity contribution in [3.8, 4) is 11.5 Å². The molecule has 0 N–H and O–H groups in total. The molecule has 2 aromatic rings. The zero-order valence-corrected chi connectivity index (χ0v) is 24.6. The number of hydrogen-bond acceptors (Lipinski definition) is 7. The maximum atomic E-state index is 13.1. The first-order valence-corrected chi connectivity index (χ1v) is 14.6. The summed E-state index contributed by atoms with van der Waals surface area (Å²) in [5.74, 6) is 0.962. The van der Waals surface area contributed by atoms with Gasteiger partial charge in [-0.2, -0.15) is 0 Å². The van der Waals surface area contributed by atoms with Gasteiger partial charge in [-0.1, -0.05) is 18.2 Å². The Labute approximate surface area is 232 Å². The van der Waals surface area contributed by atoms with Crippen LogP contribution in [0.2, 0.25) is 0 Å². The Morgan fingerprint density at radius 2 is 1.77 bits per heavy atom. The number of benzene rings is 2. The lowest BCUT2D eigenvalue weighted by Gasteiger charge is -2.27. The van der Waals surface area contributed by atoms with Gasteiger partial charge in [-0.05, 0) is 69.4 Å². The monoisotopic (exact) mass is 560 g/mol. The van der Waals surface area contributed by atoms with E-state index in [1.807, 2.05) is 45.0 Å². The fourth-order valence-corrected chi connectivity index (χ4v) is 5.43. The van der Waals surface area contributed by atoms with E-state index in [1.165, 1.54) is 20.2 Å². The minimum absolute atomic E-state index is 0.0262. The van der Waals surface area contributed by atoms with E-state index in [4.69, 9.17) is 14.2 Å². The predicted octanol–water partition coefficient (Wildman–Crippen LogP) is 4.71. The number of amides is 1. The standard InChI is InChI=1S/C29H40N2O7S/c1-29(2,3)38-28(33)31(17-14-21-11-7-8-13-25(21)36-6)16-10-9-12-24(32)23-19-22-15-18-37-27(22)26(20-23)39(34,35)30(4)5/h7-8,11,13,19-20H,9-10,12,14-18H2,1-6H3. The molecule has 1 aliphatic heterocycles. The summed E-state index contributed by atoms with van der Waals surface area (Å²) >= 11 is 0. The Bertz CT molecular complexity index is 1280. The average Bonchev–Trinajstić information content (AvgIpc) is 3.35. The lowest BCUT2D eigenvalue weighted by Crippen LogP contribution is -2.38. The molecule has 0 atom stereocenters. The van der Waals surface area contributed by atoms with Gasteiger partial charge in [0.2, 0.25) is 10.0 Å². The Hall–Kier alpha value is -3.11. The molecule has 1 amide bonds. The third kappa shape index (κ3) is 7.95. The van der Waals surface area contributed by atoms with Crippen molar-refractivity contribution in [1.29, 1.82) is 0 Å². The highest BCUT2D eigenvalue weighted by atomic mass is 32.2. The van der Waals surface area contributed by atoms with E-state index in [1.54, 1.807) is 18.1 Å².